The molecule has 0 bridgehead atoms. The Hall–Kier alpha value is -1.90. The van der Waals surface area contributed by atoms with Crippen molar-refractivity contribution in [2.24, 2.45) is 5.73 Å². The Bertz CT molecular complexity index is 763. The van der Waals surface area contributed by atoms with Crippen LogP contribution in [0.15, 0.2) is 54.9 Å². The van der Waals surface area contributed by atoms with Crippen molar-refractivity contribution >= 4 is 22.4 Å². The van der Waals surface area contributed by atoms with E-state index in [1.807, 2.05) is 49.5 Å². The number of nitrogens with two attached hydrogens (primary N) is 1. The average molecular weight is 283 g/mol. The minimum atomic E-state index is -0.169. The van der Waals surface area contributed by atoms with Crippen LogP contribution >= 0.6 is 11.6 Å². The van der Waals surface area contributed by atoms with E-state index in [-0.39, 0.29) is 6.04 Å². The van der Waals surface area contributed by atoms with E-state index in [2.05, 4.69) is 11.1 Å². The van der Waals surface area contributed by atoms with Gasteiger partial charge in [-0.05, 0) is 41.1 Å². The lowest BCUT2D eigenvalue weighted by Crippen LogP contribution is -2.12. The van der Waals surface area contributed by atoms with Gasteiger partial charge in [0.2, 0.25) is 0 Å². The van der Waals surface area contributed by atoms with Gasteiger partial charge in [-0.3, -0.25) is 4.98 Å². The van der Waals surface area contributed by atoms with Crippen molar-refractivity contribution in [3.63, 3.8) is 0 Å². The number of pyridine rings is 1. The van der Waals surface area contributed by atoms with Crippen LogP contribution in [-0.4, -0.2) is 4.98 Å². The highest BCUT2D eigenvalue weighted by atomic mass is 35.5. The summed E-state index contributed by atoms with van der Waals surface area (Å²) in [6.07, 6.45) is 3.66. The molecule has 3 aromatic rings. The molecule has 2 nitrogen and oxygen atoms in total. The summed E-state index contributed by atoms with van der Waals surface area (Å²) in [5.74, 6) is 0. The number of hydrogen-bond acceptors (Lipinski definition) is 2. The van der Waals surface area contributed by atoms with Crippen LogP contribution in [0, 0.1) is 6.92 Å². The first-order chi connectivity index (χ1) is 9.66. The lowest BCUT2D eigenvalue weighted by atomic mass is 9.94. The van der Waals surface area contributed by atoms with Gasteiger partial charge in [-0.2, -0.15) is 0 Å². The van der Waals surface area contributed by atoms with Crippen LogP contribution < -0.4 is 5.73 Å². The molecule has 3 heteroatoms. The average Bonchev–Trinajstić information content (AvgIpc) is 2.49. The highest BCUT2D eigenvalue weighted by Crippen LogP contribution is 2.28. The zero-order valence-electron chi connectivity index (χ0n) is 11.2. The molecule has 1 aromatic heterocycles. The predicted octanol–water partition coefficient (Wildman–Crippen LogP) is 4.24. The van der Waals surface area contributed by atoms with Gasteiger partial charge in [0, 0.05) is 22.8 Å². The van der Waals surface area contributed by atoms with Gasteiger partial charge >= 0.3 is 0 Å². The fraction of sp³-hybridized carbons (Fsp3) is 0.118. The Morgan fingerprint density at radius 1 is 1.15 bits per heavy atom. The molecular weight excluding hydrogens is 268 g/mol. The first-order valence-corrected chi connectivity index (χ1v) is 6.89. The maximum atomic E-state index is 6.44. The van der Waals surface area contributed by atoms with E-state index in [0.29, 0.717) is 0 Å². The maximum absolute atomic E-state index is 6.44. The van der Waals surface area contributed by atoms with Gasteiger partial charge < -0.3 is 5.73 Å². The van der Waals surface area contributed by atoms with Crippen LogP contribution in [0.5, 0.6) is 0 Å². The highest BCUT2D eigenvalue weighted by molar-refractivity contribution is 6.31. The summed E-state index contributed by atoms with van der Waals surface area (Å²) in [5, 5.41) is 3.01. The molecule has 0 saturated carbocycles. The van der Waals surface area contributed by atoms with Gasteiger partial charge in [0.15, 0.2) is 0 Å². The Labute approximate surface area is 123 Å². The molecule has 0 fully saturated rings. The van der Waals surface area contributed by atoms with Gasteiger partial charge in [-0.1, -0.05) is 41.9 Å². The lowest BCUT2D eigenvalue weighted by molar-refractivity contribution is 0.879. The summed E-state index contributed by atoms with van der Waals surface area (Å²) >= 11 is 6.08. The molecule has 1 heterocycles. The number of fused-ring (bicyclic) bond motifs is 1. The Morgan fingerprint density at radius 3 is 2.80 bits per heavy atom. The molecule has 0 amide bonds. The summed E-state index contributed by atoms with van der Waals surface area (Å²) < 4.78 is 0. The molecule has 0 aliphatic carbocycles. The second kappa shape index (κ2) is 5.23. The smallest absolute Gasteiger partial charge is 0.0557 e. The minimum absolute atomic E-state index is 0.169. The van der Waals surface area contributed by atoms with E-state index < -0.39 is 0 Å². The minimum Gasteiger partial charge on any atom is -0.320 e. The third-order valence-corrected chi connectivity index (χ3v) is 4.01. The Morgan fingerprint density at radius 2 is 2.00 bits per heavy atom. The van der Waals surface area contributed by atoms with E-state index >= 15 is 0 Å². The lowest BCUT2D eigenvalue weighted by Gasteiger charge is -2.16. The molecule has 1 unspecified atom stereocenters. The molecule has 1 atom stereocenters. The molecule has 0 radical (unpaired) electrons. The second-order valence-electron chi connectivity index (χ2n) is 4.93. The van der Waals surface area contributed by atoms with Crippen LogP contribution in [0.3, 0.4) is 0 Å². The van der Waals surface area contributed by atoms with Crippen molar-refractivity contribution in [3.8, 4) is 0 Å². The first-order valence-electron chi connectivity index (χ1n) is 6.51. The third-order valence-electron chi connectivity index (χ3n) is 3.59. The molecule has 2 N–H and O–H groups in total. The van der Waals surface area contributed by atoms with E-state index in [1.54, 1.807) is 6.20 Å². The van der Waals surface area contributed by atoms with Crippen LogP contribution in [0.25, 0.3) is 10.8 Å². The number of halogens is 1. The van der Waals surface area contributed by atoms with Crippen LogP contribution in [0.4, 0.5) is 0 Å². The first kappa shape index (κ1) is 13.1. The number of hydrogen-bond donors (Lipinski definition) is 1. The second-order valence-corrected chi connectivity index (χ2v) is 5.34. The SMILES string of the molecule is Cc1cc(C(N)c2cccc3cnccc23)ccc1Cl. The van der Waals surface area contributed by atoms with Gasteiger partial charge in [0.25, 0.3) is 0 Å². The number of aryl methyl sites for hydroxylation is 1. The van der Waals surface area contributed by atoms with Gasteiger partial charge in [-0.15, -0.1) is 0 Å². The molecular formula is C17H15ClN2. The van der Waals surface area contributed by atoms with E-state index in [0.717, 1.165) is 32.5 Å². The van der Waals surface area contributed by atoms with Crippen molar-refractivity contribution in [2.75, 3.05) is 0 Å². The van der Waals surface area contributed by atoms with Crippen molar-refractivity contribution in [3.05, 3.63) is 76.6 Å². The van der Waals surface area contributed by atoms with Crippen LogP contribution in [0.1, 0.15) is 22.7 Å². The largest absolute Gasteiger partial charge is 0.320 e. The molecule has 0 aliphatic heterocycles. The van der Waals surface area contributed by atoms with Crippen molar-refractivity contribution in [2.45, 2.75) is 13.0 Å². The molecule has 0 spiro atoms. The highest BCUT2D eigenvalue weighted by Gasteiger charge is 2.12. The van der Waals surface area contributed by atoms with Crippen molar-refractivity contribution in [1.82, 2.24) is 4.98 Å². The predicted molar refractivity (Wildman–Crippen MR) is 84.0 cm³/mol. The standard InChI is InChI=1S/C17H15ClN2/c1-11-9-12(5-6-16(11)18)17(19)15-4-2-3-13-10-20-8-7-14(13)15/h2-10,17H,19H2,1H3. The summed E-state index contributed by atoms with van der Waals surface area (Å²) in [7, 11) is 0. The quantitative estimate of drug-likeness (QED) is 0.763. The van der Waals surface area contributed by atoms with E-state index in [4.69, 9.17) is 17.3 Å². The van der Waals surface area contributed by atoms with Crippen LogP contribution in [0.2, 0.25) is 5.02 Å². The Kier molecular flexibility index (Phi) is 3.43. The van der Waals surface area contributed by atoms with Crippen molar-refractivity contribution in [1.29, 1.82) is 0 Å². The summed E-state index contributed by atoms with van der Waals surface area (Å²) in [6.45, 7) is 1.99. The zero-order valence-corrected chi connectivity index (χ0v) is 11.9. The summed E-state index contributed by atoms with van der Waals surface area (Å²) in [6, 6.07) is 13.9. The van der Waals surface area contributed by atoms with Gasteiger partial charge in [0.05, 0.1) is 6.04 Å². The molecule has 3 rings (SSSR count). The summed E-state index contributed by atoms with van der Waals surface area (Å²) in [4.78, 5) is 4.15. The van der Waals surface area contributed by atoms with E-state index in [1.165, 1.54) is 0 Å². The monoisotopic (exact) mass is 282 g/mol. The fourth-order valence-electron chi connectivity index (χ4n) is 2.46. The normalized spacial score (nSPS) is 12.6. The number of aromatic nitrogens is 1. The number of benzene rings is 2. The van der Waals surface area contributed by atoms with Crippen LogP contribution in [-0.2, 0) is 0 Å². The van der Waals surface area contributed by atoms with Crippen molar-refractivity contribution < 1.29 is 0 Å². The molecule has 20 heavy (non-hydrogen) atoms. The molecule has 0 aliphatic rings. The zero-order chi connectivity index (χ0) is 14.1. The third kappa shape index (κ3) is 2.28. The fourth-order valence-corrected chi connectivity index (χ4v) is 2.58. The molecule has 100 valence electrons. The molecule has 0 saturated heterocycles. The number of rotatable bonds is 2. The number of nitrogens with zero attached hydrogens (tertiary/aromatic N) is 1. The van der Waals surface area contributed by atoms with E-state index in [9.17, 15) is 0 Å². The maximum Gasteiger partial charge on any atom is 0.0557 e. The Balaban J connectivity index is 2.12. The summed E-state index contributed by atoms with van der Waals surface area (Å²) in [5.41, 5.74) is 9.65. The molecule has 2 aromatic carbocycles. The topological polar surface area (TPSA) is 38.9 Å². The van der Waals surface area contributed by atoms with Gasteiger partial charge in [0.1, 0.15) is 0 Å². The van der Waals surface area contributed by atoms with Gasteiger partial charge in [-0.25, -0.2) is 0 Å².